The molecule has 1 aromatic rings. The number of hydrogen-bond acceptors (Lipinski definition) is 4. The van der Waals surface area contributed by atoms with Gasteiger partial charge in [-0.2, -0.15) is 0 Å². The first-order valence-corrected chi connectivity index (χ1v) is 7.44. The van der Waals surface area contributed by atoms with E-state index in [1.54, 1.807) is 19.2 Å². The van der Waals surface area contributed by atoms with Gasteiger partial charge in [0.25, 0.3) is 0 Å². The molecule has 0 saturated heterocycles. The summed E-state index contributed by atoms with van der Waals surface area (Å²) in [5.74, 6) is 0.194. The number of methoxy groups -OCH3 is 1. The highest BCUT2D eigenvalue weighted by Gasteiger charge is 2.17. The van der Waals surface area contributed by atoms with Gasteiger partial charge in [0.15, 0.2) is 5.82 Å². The Hall–Kier alpha value is -0.660. The number of aryl methyl sites for hydroxylation is 1. The van der Waals surface area contributed by atoms with Crippen LogP contribution in [0.4, 0.5) is 5.82 Å². The maximum Gasteiger partial charge on any atom is 0.236 e. The molecule has 1 rings (SSSR count). The SMILES string of the molecule is COC(C)CS(=O)(=O)Nc1nccc(C)c1Br. The molecule has 1 atom stereocenters. The smallest absolute Gasteiger partial charge is 0.236 e. The summed E-state index contributed by atoms with van der Waals surface area (Å²) >= 11 is 3.30. The second-order valence-electron chi connectivity index (χ2n) is 3.72. The number of halogens is 1. The fraction of sp³-hybridized carbons (Fsp3) is 0.500. The van der Waals surface area contributed by atoms with Crippen molar-refractivity contribution in [2.45, 2.75) is 20.0 Å². The van der Waals surface area contributed by atoms with E-state index in [1.165, 1.54) is 7.11 Å². The molecule has 0 aliphatic carbocycles. The Morgan fingerprint density at radius 2 is 2.24 bits per heavy atom. The van der Waals surface area contributed by atoms with E-state index in [-0.39, 0.29) is 11.9 Å². The van der Waals surface area contributed by atoms with Crippen LogP contribution in [0.5, 0.6) is 0 Å². The largest absolute Gasteiger partial charge is 0.381 e. The molecule has 0 aromatic carbocycles. The monoisotopic (exact) mass is 322 g/mol. The molecule has 96 valence electrons. The molecule has 1 N–H and O–H groups in total. The van der Waals surface area contributed by atoms with Crippen LogP contribution in [0.15, 0.2) is 16.7 Å². The lowest BCUT2D eigenvalue weighted by molar-refractivity contribution is 0.136. The van der Waals surface area contributed by atoms with Gasteiger partial charge in [-0.05, 0) is 41.4 Å². The van der Waals surface area contributed by atoms with Gasteiger partial charge in [-0.15, -0.1) is 0 Å². The average molecular weight is 323 g/mol. The third-order valence-electron chi connectivity index (χ3n) is 2.19. The van der Waals surface area contributed by atoms with Crippen molar-refractivity contribution < 1.29 is 13.2 Å². The number of pyridine rings is 1. The number of nitrogens with zero attached hydrogens (tertiary/aromatic N) is 1. The van der Waals surface area contributed by atoms with E-state index in [9.17, 15) is 8.42 Å². The highest BCUT2D eigenvalue weighted by molar-refractivity contribution is 9.10. The zero-order valence-electron chi connectivity index (χ0n) is 9.90. The van der Waals surface area contributed by atoms with Gasteiger partial charge in [-0.25, -0.2) is 13.4 Å². The molecule has 7 heteroatoms. The molecular weight excluding hydrogens is 308 g/mol. The minimum atomic E-state index is -3.45. The predicted molar refractivity (Wildman–Crippen MR) is 70.6 cm³/mol. The number of aromatic nitrogens is 1. The highest BCUT2D eigenvalue weighted by atomic mass is 79.9. The maximum atomic E-state index is 11.8. The lowest BCUT2D eigenvalue weighted by Gasteiger charge is -2.13. The normalized spacial score (nSPS) is 13.4. The Labute approximate surface area is 110 Å². The summed E-state index contributed by atoms with van der Waals surface area (Å²) in [4.78, 5) is 3.98. The first kappa shape index (κ1) is 14.4. The molecule has 0 fully saturated rings. The number of hydrogen-bond donors (Lipinski definition) is 1. The molecule has 1 unspecified atom stereocenters. The Morgan fingerprint density at radius 3 is 2.82 bits per heavy atom. The molecule has 0 aliphatic rings. The molecule has 5 nitrogen and oxygen atoms in total. The lowest BCUT2D eigenvalue weighted by atomic mass is 10.3. The quantitative estimate of drug-likeness (QED) is 0.899. The summed E-state index contributed by atoms with van der Waals surface area (Å²) < 4.78 is 31.6. The Balaban J connectivity index is 2.87. The first-order valence-electron chi connectivity index (χ1n) is 5.00. The zero-order valence-corrected chi connectivity index (χ0v) is 12.3. The van der Waals surface area contributed by atoms with Crippen molar-refractivity contribution in [3.63, 3.8) is 0 Å². The summed E-state index contributed by atoms with van der Waals surface area (Å²) in [7, 11) is -1.98. The van der Waals surface area contributed by atoms with Crippen LogP contribution in [0.3, 0.4) is 0 Å². The maximum absolute atomic E-state index is 11.8. The van der Waals surface area contributed by atoms with Gasteiger partial charge >= 0.3 is 0 Å². The zero-order chi connectivity index (χ0) is 13.1. The van der Waals surface area contributed by atoms with Crippen molar-refractivity contribution in [2.75, 3.05) is 17.6 Å². The number of rotatable bonds is 5. The van der Waals surface area contributed by atoms with E-state index in [1.807, 2.05) is 6.92 Å². The summed E-state index contributed by atoms with van der Waals surface area (Å²) in [6.45, 7) is 3.55. The van der Waals surface area contributed by atoms with Crippen LogP contribution in [-0.4, -0.2) is 32.4 Å². The van der Waals surface area contributed by atoms with Gasteiger partial charge in [-0.3, -0.25) is 4.72 Å². The lowest BCUT2D eigenvalue weighted by Crippen LogP contribution is -2.26. The number of sulfonamides is 1. The molecule has 0 amide bonds. The number of anilines is 1. The van der Waals surface area contributed by atoms with E-state index in [0.717, 1.165) is 5.56 Å². The van der Waals surface area contributed by atoms with E-state index >= 15 is 0 Å². The van der Waals surface area contributed by atoms with E-state index in [4.69, 9.17) is 4.74 Å². The minimum Gasteiger partial charge on any atom is -0.381 e. The van der Waals surface area contributed by atoms with Gasteiger partial charge < -0.3 is 4.74 Å². The van der Waals surface area contributed by atoms with Gasteiger partial charge in [0, 0.05) is 13.3 Å². The molecule has 17 heavy (non-hydrogen) atoms. The molecule has 0 radical (unpaired) electrons. The molecule has 1 aromatic heterocycles. The molecule has 0 saturated carbocycles. The number of nitrogens with one attached hydrogen (secondary N) is 1. The molecule has 0 spiro atoms. The van der Waals surface area contributed by atoms with Gasteiger partial charge in [0.2, 0.25) is 10.0 Å². The highest BCUT2D eigenvalue weighted by Crippen LogP contribution is 2.24. The average Bonchev–Trinajstić information content (AvgIpc) is 2.23. The molecular formula is C10H15BrN2O3S. The van der Waals surface area contributed by atoms with E-state index in [2.05, 4.69) is 25.6 Å². The first-order chi connectivity index (χ1) is 7.85. The van der Waals surface area contributed by atoms with Crippen molar-refractivity contribution in [3.05, 3.63) is 22.3 Å². The summed E-state index contributed by atoms with van der Waals surface area (Å²) in [6.07, 6.45) is 1.19. The Kier molecular flexibility index (Phi) is 4.91. The molecule has 0 aliphatic heterocycles. The van der Waals surface area contributed by atoms with E-state index < -0.39 is 10.0 Å². The number of ether oxygens (including phenoxy) is 1. The van der Waals surface area contributed by atoms with Crippen molar-refractivity contribution in [3.8, 4) is 0 Å². The second kappa shape index (κ2) is 5.79. The minimum absolute atomic E-state index is 0.106. The van der Waals surface area contributed by atoms with Crippen LogP contribution in [0, 0.1) is 6.92 Å². The van der Waals surface area contributed by atoms with E-state index in [0.29, 0.717) is 10.3 Å². The Morgan fingerprint density at radius 1 is 1.59 bits per heavy atom. The van der Waals surface area contributed by atoms with Crippen molar-refractivity contribution in [1.29, 1.82) is 0 Å². The van der Waals surface area contributed by atoms with Crippen molar-refractivity contribution in [2.24, 2.45) is 0 Å². The summed E-state index contributed by atoms with van der Waals surface area (Å²) in [5, 5.41) is 0. The fourth-order valence-corrected chi connectivity index (χ4v) is 2.93. The second-order valence-corrected chi connectivity index (χ2v) is 6.28. The van der Waals surface area contributed by atoms with Crippen LogP contribution in [0.2, 0.25) is 0 Å². The van der Waals surface area contributed by atoms with Gasteiger partial charge in [0.05, 0.1) is 16.3 Å². The van der Waals surface area contributed by atoms with Crippen molar-refractivity contribution in [1.82, 2.24) is 4.98 Å². The van der Waals surface area contributed by atoms with Crippen molar-refractivity contribution >= 4 is 31.8 Å². The predicted octanol–water partition coefficient (Wildman–Crippen LogP) is 1.93. The van der Waals surface area contributed by atoms with Crippen LogP contribution in [0.25, 0.3) is 0 Å². The molecule has 0 bridgehead atoms. The Bertz CT molecular complexity index is 490. The fourth-order valence-electron chi connectivity index (χ4n) is 1.18. The van der Waals surface area contributed by atoms with Gasteiger partial charge in [-0.1, -0.05) is 0 Å². The third-order valence-corrected chi connectivity index (χ3v) is 4.60. The summed E-state index contributed by atoms with van der Waals surface area (Å²) in [6, 6.07) is 1.79. The van der Waals surface area contributed by atoms with Crippen LogP contribution in [-0.2, 0) is 14.8 Å². The summed E-state index contributed by atoms with van der Waals surface area (Å²) in [5.41, 5.74) is 0.914. The van der Waals surface area contributed by atoms with Crippen LogP contribution >= 0.6 is 15.9 Å². The van der Waals surface area contributed by atoms with Gasteiger partial charge in [0.1, 0.15) is 0 Å². The third kappa shape index (κ3) is 4.25. The van der Waals surface area contributed by atoms with Crippen LogP contribution in [0.1, 0.15) is 12.5 Å². The molecule has 1 heterocycles. The topological polar surface area (TPSA) is 68.3 Å². The van der Waals surface area contributed by atoms with Crippen LogP contribution < -0.4 is 4.72 Å². The standard InChI is InChI=1S/C10H15BrN2O3S/c1-7-4-5-12-10(9(7)11)13-17(14,15)6-8(2)16-3/h4-5,8H,6H2,1-3H3,(H,12,13).